The highest BCUT2D eigenvalue weighted by atomic mass is 32.2. The summed E-state index contributed by atoms with van der Waals surface area (Å²) in [6, 6.07) is 9.06. The van der Waals surface area contributed by atoms with Crippen molar-refractivity contribution in [3.8, 4) is 5.75 Å². The number of hydrogen-bond donors (Lipinski definition) is 2. The van der Waals surface area contributed by atoms with Crippen molar-refractivity contribution in [3.05, 3.63) is 88.2 Å². The zero-order chi connectivity index (χ0) is 31.9. The van der Waals surface area contributed by atoms with Crippen LogP contribution in [-0.4, -0.2) is 47.4 Å². The fraction of sp³-hybridized carbons (Fsp3) is 0.333. The molecule has 44 heavy (non-hydrogen) atoms. The van der Waals surface area contributed by atoms with Gasteiger partial charge in [-0.15, -0.1) is 0 Å². The number of hydrogen-bond acceptors (Lipinski definition) is 5. The quantitative estimate of drug-likeness (QED) is 0.182. The van der Waals surface area contributed by atoms with Crippen LogP contribution >= 0.6 is 0 Å². The molecule has 2 aliphatic rings. The standard InChI is InChI=1S/C30H27F5N2O6S/c31-23-24(32)26(34)28(27(35)25(23)33)44(42,43)37-13-12-21(37)29(39)36(19-10-11-20(30(40)41)22(38)14-19)15-16-6-8-18(9-7-16)17-4-2-1-3-5-17/h6-11,14,17,21,38H,1-5,12-13,15H2,(H,40,41)/t21-/m0/s1. The predicted molar refractivity (Wildman–Crippen MR) is 147 cm³/mol. The Balaban J connectivity index is 1.49. The second-order valence-electron chi connectivity index (χ2n) is 10.8. The van der Waals surface area contributed by atoms with Crippen LogP contribution in [0.4, 0.5) is 27.6 Å². The minimum Gasteiger partial charge on any atom is -0.507 e. The van der Waals surface area contributed by atoms with Gasteiger partial charge in [0.25, 0.3) is 0 Å². The van der Waals surface area contributed by atoms with Gasteiger partial charge in [0.15, 0.2) is 28.2 Å². The van der Waals surface area contributed by atoms with Gasteiger partial charge in [-0.1, -0.05) is 43.5 Å². The number of amides is 1. The molecular formula is C30H27F5N2O6S. The van der Waals surface area contributed by atoms with Crippen LogP contribution in [0.1, 0.15) is 65.9 Å². The molecule has 1 aliphatic carbocycles. The molecule has 2 N–H and O–H groups in total. The minimum absolute atomic E-state index is 0.0191. The third-order valence-electron chi connectivity index (χ3n) is 8.18. The number of aromatic hydroxyl groups is 1. The topological polar surface area (TPSA) is 115 Å². The Labute approximate surface area is 249 Å². The van der Waals surface area contributed by atoms with Gasteiger partial charge in [-0.05, 0) is 48.4 Å². The summed E-state index contributed by atoms with van der Waals surface area (Å²) in [6.07, 6.45) is 5.37. The Morgan fingerprint density at radius 2 is 1.43 bits per heavy atom. The monoisotopic (exact) mass is 638 g/mol. The number of carbonyl (C=O) groups is 2. The maximum atomic E-state index is 14.5. The van der Waals surface area contributed by atoms with E-state index in [0.29, 0.717) is 15.8 Å². The summed E-state index contributed by atoms with van der Waals surface area (Å²) >= 11 is 0. The number of phenols is 1. The lowest BCUT2D eigenvalue weighted by molar-refractivity contribution is -0.125. The first-order valence-corrected chi connectivity index (χ1v) is 15.3. The lowest BCUT2D eigenvalue weighted by Crippen LogP contribution is -2.59. The average molecular weight is 639 g/mol. The van der Waals surface area contributed by atoms with Crippen molar-refractivity contribution in [2.75, 3.05) is 11.4 Å². The van der Waals surface area contributed by atoms with Crippen LogP contribution in [0, 0.1) is 29.1 Å². The van der Waals surface area contributed by atoms with Crippen molar-refractivity contribution < 1.29 is 50.2 Å². The molecule has 5 rings (SSSR count). The molecule has 0 unspecified atom stereocenters. The summed E-state index contributed by atoms with van der Waals surface area (Å²) in [5, 5.41) is 19.6. The molecule has 1 heterocycles. The van der Waals surface area contributed by atoms with Crippen molar-refractivity contribution in [1.82, 2.24) is 4.31 Å². The molecule has 8 nitrogen and oxygen atoms in total. The molecule has 2 fully saturated rings. The number of carboxylic acid groups (broad SMARTS) is 1. The number of carbonyl (C=O) groups excluding carboxylic acids is 1. The fourth-order valence-electron chi connectivity index (χ4n) is 5.69. The Hall–Kier alpha value is -4.04. The largest absolute Gasteiger partial charge is 0.507 e. The first-order valence-electron chi connectivity index (χ1n) is 13.8. The number of rotatable bonds is 8. The van der Waals surface area contributed by atoms with Gasteiger partial charge in [0.2, 0.25) is 21.7 Å². The van der Waals surface area contributed by atoms with E-state index in [-0.39, 0.29) is 18.7 Å². The predicted octanol–water partition coefficient (Wildman–Crippen LogP) is 5.83. The van der Waals surface area contributed by atoms with E-state index >= 15 is 0 Å². The maximum Gasteiger partial charge on any atom is 0.339 e. The summed E-state index contributed by atoms with van der Waals surface area (Å²) in [4.78, 5) is 24.3. The van der Waals surface area contributed by atoms with Crippen LogP contribution < -0.4 is 4.90 Å². The van der Waals surface area contributed by atoms with Crippen LogP contribution in [0.2, 0.25) is 0 Å². The van der Waals surface area contributed by atoms with Gasteiger partial charge in [-0.2, -0.15) is 4.31 Å². The zero-order valence-corrected chi connectivity index (χ0v) is 23.9. The summed E-state index contributed by atoms with van der Waals surface area (Å²) in [5.74, 6) is -15.2. The number of anilines is 1. The maximum absolute atomic E-state index is 14.5. The Morgan fingerprint density at radius 3 is 1.95 bits per heavy atom. The fourth-order valence-corrected chi connectivity index (χ4v) is 7.43. The van der Waals surface area contributed by atoms with E-state index in [9.17, 15) is 50.2 Å². The molecule has 0 radical (unpaired) electrons. The SMILES string of the molecule is O=C(O)c1ccc(N(Cc2ccc(C3CCCCC3)cc2)C(=O)[C@@H]2CCN2S(=O)(=O)c2c(F)c(F)c(F)c(F)c2F)cc1O. The Kier molecular flexibility index (Phi) is 8.67. The van der Waals surface area contributed by atoms with Crippen molar-refractivity contribution in [3.63, 3.8) is 0 Å². The third kappa shape index (κ3) is 5.63. The zero-order valence-electron chi connectivity index (χ0n) is 23.1. The van der Waals surface area contributed by atoms with Gasteiger partial charge in [0, 0.05) is 18.3 Å². The van der Waals surface area contributed by atoms with E-state index in [0.717, 1.165) is 48.3 Å². The molecule has 1 amide bonds. The summed E-state index contributed by atoms with van der Waals surface area (Å²) in [7, 11) is -5.39. The normalized spacial score (nSPS) is 17.7. The smallest absolute Gasteiger partial charge is 0.339 e. The molecule has 1 saturated heterocycles. The van der Waals surface area contributed by atoms with Crippen molar-refractivity contribution in [2.24, 2.45) is 0 Å². The summed E-state index contributed by atoms with van der Waals surface area (Å²) in [6.45, 7) is -0.631. The first-order chi connectivity index (χ1) is 20.8. The number of sulfonamides is 1. The molecule has 0 spiro atoms. The number of benzene rings is 3. The van der Waals surface area contributed by atoms with Crippen LogP contribution in [0.25, 0.3) is 0 Å². The highest BCUT2D eigenvalue weighted by Crippen LogP contribution is 2.36. The summed E-state index contributed by atoms with van der Waals surface area (Å²) < 4.78 is 96.9. The molecule has 1 saturated carbocycles. The number of aromatic carboxylic acids is 1. The van der Waals surface area contributed by atoms with Crippen LogP contribution in [0.3, 0.4) is 0 Å². The molecule has 3 aromatic rings. The van der Waals surface area contributed by atoms with E-state index < -0.39 is 79.8 Å². The van der Waals surface area contributed by atoms with Gasteiger partial charge in [0.05, 0.1) is 6.54 Å². The van der Waals surface area contributed by atoms with Crippen molar-refractivity contribution in [1.29, 1.82) is 0 Å². The lowest BCUT2D eigenvalue weighted by atomic mass is 9.84. The number of carboxylic acids is 1. The number of halogens is 5. The molecule has 0 aromatic heterocycles. The Morgan fingerprint density at radius 1 is 0.841 bits per heavy atom. The molecule has 1 aliphatic heterocycles. The molecule has 1 atom stereocenters. The molecule has 0 bridgehead atoms. The van der Waals surface area contributed by atoms with Crippen molar-refractivity contribution in [2.45, 2.75) is 61.9 Å². The second kappa shape index (κ2) is 12.2. The van der Waals surface area contributed by atoms with Crippen LogP contribution in [-0.2, 0) is 21.4 Å². The summed E-state index contributed by atoms with van der Waals surface area (Å²) in [5.41, 5.74) is 1.23. The van der Waals surface area contributed by atoms with E-state index in [4.69, 9.17) is 0 Å². The molecule has 3 aromatic carbocycles. The van der Waals surface area contributed by atoms with Crippen LogP contribution in [0.15, 0.2) is 47.4 Å². The first kappa shape index (κ1) is 31.4. The van der Waals surface area contributed by atoms with Gasteiger partial charge in [-0.25, -0.2) is 35.2 Å². The van der Waals surface area contributed by atoms with Gasteiger partial charge < -0.3 is 15.1 Å². The van der Waals surface area contributed by atoms with E-state index in [1.807, 2.05) is 12.1 Å². The second-order valence-corrected chi connectivity index (χ2v) is 12.7. The van der Waals surface area contributed by atoms with Gasteiger partial charge >= 0.3 is 5.97 Å². The Bertz CT molecular complexity index is 1700. The molecular weight excluding hydrogens is 611 g/mol. The van der Waals surface area contributed by atoms with E-state index in [2.05, 4.69) is 0 Å². The van der Waals surface area contributed by atoms with Gasteiger partial charge in [-0.3, -0.25) is 4.79 Å². The highest BCUT2D eigenvalue weighted by Gasteiger charge is 2.48. The average Bonchev–Trinajstić information content (AvgIpc) is 2.97. The van der Waals surface area contributed by atoms with Crippen LogP contribution in [0.5, 0.6) is 5.75 Å². The third-order valence-corrected chi connectivity index (χ3v) is 10.1. The van der Waals surface area contributed by atoms with E-state index in [1.54, 1.807) is 12.1 Å². The van der Waals surface area contributed by atoms with Gasteiger partial charge in [0.1, 0.15) is 17.4 Å². The lowest BCUT2D eigenvalue weighted by Gasteiger charge is -2.41. The minimum atomic E-state index is -5.39. The molecule has 14 heteroatoms. The van der Waals surface area contributed by atoms with E-state index in [1.165, 1.54) is 12.5 Å². The number of nitrogens with zero attached hydrogens (tertiary/aromatic N) is 2. The highest BCUT2D eigenvalue weighted by molar-refractivity contribution is 7.89. The molecule has 234 valence electrons. The van der Waals surface area contributed by atoms with Crippen molar-refractivity contribution >= 4 is 27.6 Å².